The number of hydrogen-bond acceptors (Lipinski definition) is 4. The monoisotopic (exact) mass is 387 g/mol. The molecule has 0 radical (unpaired) electrons. The van der Waals surface area contributed by atoms with Crippen molar-refractivity contribution in [3.8, 4) is 22.9 Å². The van der Waals surface area contributed by atoms with E-state index in [1.54, 1.807) is 24.3 Å². The highest BCUT2D eigenvalue weighted by Gasteiger charge is 2.17. The maximum Gasteiger partial charge on any atom is 0.315 e. The fourth-order valence-corrected chi connectivity index (χ4v) is 3.28. The van der Waals surface area contributed by atoms with Crippen molar-refractivity contribution in [3.05, 3.63) is 71.0 Å². The molecule has 0 fully saturated rings. The normalized spacial score (nSPS) is 10.8. The number of nitriles is 1. The number of hydrogen-bond donors (Lipinski definition) is 0. The van der Waals surface area contributed by atoms with Crippen molar-refractivity contribution < 1.29 is 9.53 Å². The molecule has 0 unspecified atom stereocenters. The molecule has 148 valence electrons. The molecule has 29 heavy (non-hydrogen) atoms. The van der Waals surface area contributed by atoms with Gasteiger partial charge in [0.25, 0.3) is 0 Å². The van der Waals surface area contributed by atoms with E-state index in [9.17, 15) is 4.79 Å². The highest BCUT2D eigenvalue weighted by atomic mass is 16.5. The highest BCUT2D eigenvalue weighted by Crippen LogP contribution is 2.23. The summed E-state index contributed by atoms with van der Waals surface area (Å²) in [7, 11) is 0. The Morgan fingerprint density at radius 2 is 1.66 bits per heavy atom. The highest BCUT2D eigenvalue weighted by molar-refractivity contribution is 5.76. The first-order valence-corrected chi connectivity index (χ1v) is 9.71. The van der Waals surface area contributed by atoms with Gasteiger partial charge in [0, 0.05) is 17.8 Å². The minimum absolute atomic E-state index is 0.202. The molecule has 2 aromatic carbocycles. The fourth-order valence-electron chi connectivity index (χ4n) is 3.28. The van der Waals surface area contributed by atoms with Crippen LogP contribution in [0, 0.1) is 31.1 Å². The standard InChI is InChI=1S/C24H25N3O2/c1-16(2)15-27-18(4)23(17(3)26-27)13-24(28)29-22-11-9-21(10-12-22)20-7-5-19(14-25)6-8-20/h5-12,16H,13,15H2,1-4H3. The lowest BCUT2D eigenvalue weighted by atomic mass is 10.0. The molecule has 0 amide bonds. The van der Waals surface area contributed by atoms with E-state index in [-0.39, 0.29) is 12.4 Å². The smallest absolute Gasteiger partial charge is 0.315 e. The Kier molecular flexibility index (Phi) is 6.13. The minimum atomic E-state index is -0.300. The van der Waals surface area contributed by atoms with Crippen LogP contribution in [0.3, 0.4) is 0 Å². The molecule has 3 rings (SSSR count). The molecule has 0 bridgehead atoms. The first-order valence-electron chi connectivity index (χ1n) is 9.71. The molecule has 0 aliphatic heterocycles. The molecule has 0 atom stereocenters. The lowest BCUT2D eigenvalue weighted by molar-refractivity contribution is -0.133. The van der Waals surface area contributed by atoms with Crippen LogP contribution in [0.4, 0.5) is 0 Å². The van der Waals surface area contributed by atoms with Crippen LogP contribution in [0.2, 0.25) is 0 Å². The van der Waals surface area contributed by atoms with Crippen LogP contribution >= 0.6 is 0 Å². The fraction of sp³-hybridized carbons (Fsp3) is 0.292. The number of esters is 1. The Morgan fingerprint density at radius 3 is 2.21 bits per heavy atom. The first kappa shape index (κ1) is 20.3. The van der Waals surface area contributed by atoms with Crippen molar-refractivity contribution in [2.45, 2.75) is 40.7 Å². The summed E-state index contributed by atoms with van der Waals surface area (Å²) in [6, 6.07) is 16.9. The van der Waals surface area contributed by atoms with Crippen LogP contribution in [0.15, 0.2) is 48.5 Å². The molecule has 5 nitrogen and oxygen atoms in total. The Bertz CT molecular complexity index is 1040. The SMILES string of the molecule is Cc1nn(CC(C)C)c(C)c1CC(=O)Oc1ccc(-c2ccc(C#N)cc2)cc1. The Morgan fingerprint density at radius 1 is 1.07 bits per heavy atom. The number of carbonyl (C=O) groups is 1. The van der Waals surface area contributed by atoms with Crippen LogP contribution in [0.25, 0.3) is 11.1 Å². The van der Waals surface area contributed by atoms with E-state index in [1.807, 2.05) is 42.8 Å². The summed E-state index contributed by atoms with van der Waals surface area (Å²) in [6.07, 6.45) is 0.202. The molecular formula is C24H25N3O2. The van der Waals surface area contributed by atoms with Crippen molar-refractivity contribution in [1.29, 1.82) is 5.26 Å². The van der Waals surface area contributed by atoms with Gasteiger partial charge in [-0.15, -0.1) is 0 Å². The van der Waals surface area contributed by atoms with Gasteiger partial charge in [0.15, 0.2) is 0 Å². The van der Waals surface area contributed by atoms with Gasteiger partial charge in [-0.25, -0.2) is 0 Å². The topological polar surface area (TPSA) is 67.9 Å². The van der Waals surface area contributed by atoms with Gasteiger partial charge in [-0.05, 0) is 55.2 Å². The summed E-state index contributed by atoms with van der Waals surface area (Å²) in [5.74, 6) is 0.700. The quantitative estimate of drug-likeness (QED) is 0.448. The number of nitrogens with zero attached hydrogens (tertiary/aromatic N) is 3. The van der Waals surface area contributed by atoms with Gasteiger partial charge in [0.1, 0.15) is 5.75 Å². The second-order valence-electron chi connectivity index (χ2n) is 7.59. The lowest BCUT2D eigenvalue weighted by Crippen LogP contribution is -2.13. The number of aryl methyl sites for hydroxylation is 1. The Hall–Kier alpha value is -3.39. The van der Waals surface area contributed by atoms with Crippen LogP contribution in [0.5, 0.6) is 5.75 Å². The summed E-state index contributed by atoms with van der Waals surface area (Å²) in [6.45, 7) is 9.05. The van der Waals surface area contributed by atoms with Gasteiger partial charge in [0.2, 0.25) is 0 Å². The molecule has 5 heteroatoms. The van der Waals surface area contributed by atoms with Crippen LogP contribution < -0.4 is 4.74 Å². The summed E-state index contributed by atoms with van der Waals surface area (Å²) < 4.78 is 7.49. The summed E-state index contributed by atoms with van der Waals surface area (Å²) in [5.41, 5.74) is 5.45. The zero-order valence-electron chi connectivity index (χ0n) is 17.3. The maximum absolute atomic E-state index is 12.5. The second-order valence-corrected chi connectivity index (χ2v) is 7.59. The lowest BCUT2D eigenvalue weighted by Gasteiger charge is -2.08. The molecule has 1 aromatic heterocycles. The maximum atomic E-state index is 12.5. The van der Waals surface area contributed by atoms with Crippen molar-refractivity contribution >= 4 is 5.97 Å². The molecule has 0 spiro atoms. The predicted molar refractivity (Wildman–Crippen MR) is 112 cm³/mol. The first-order chi connectivity index (χ1) is 13.9. The average Bonchev–Trinajstić information content (AvgIpc) is 2.95. The van der Waals surface area contributed by atoms with Crippen LogP contribution in [-0.4, -0.2) is 15.7 Å². The van der Waals surface area contributed by atoms with Crippen molar-refractivity contribution in [2.24, 2.45) is 5.92 Å². The molecule has 0 aliphatic carbocycles. The minimum Gasteiger partial charge on any atom is -0.426 e. The van der Waals surface area contributed by atoms with Crippen molar-refractivity contribution in [3.63, 3.8) is 0 Å². The van der Waals surface area contributed by atoms with E-state index in [1.165, 1.54) is 0 Å². The molecule has 1 heterocycles. The van der Waals surface area contributed by atoms with Gasteiger partial charge in [-0.2, -0.15) is 10.4 Å². The number of rotatable bonds is 6. The van der Waals surface area contributed by atoms with Crippen molar-refractivity contribution in [1.82, 2.24) is 9.78 Å². The molecule has 0 saturated carbocycles. The molecule has 0 N–H and O–H groups in total. The third-order valence-electron chi connectivity index (χ3n) is 4.82. The summed E-state index contributed by atoms with van der Waals surface area (Å²) in [4.78, 5) is 12.5. The zero-order valence-corrected chi connectivity index (χ0v) is 17.3. The van der Waals surface area contributed by atoms with Gasteiger partial charge >= 0.3 is 5.97 Å². The van der Waals surface area contributed by atoms with Crippen molar-refractivity contribution in [2.75, 3.05) is 0 Å². The number of benzene rings is 2. The van der Waals surface area contributed by atoms with E-state index in [0.29, 0.717) is 17.2 Å². The second kappa shape index (κ2) is 8.74. The molecule has 3 aromatic rings. The van der Waals surface area contributed by atoms with E-state index in [2.05, 4.69) is 25.0 Å². The Labute approximate surface area is 171 Å². The largest absolute Gasteiger partial charge is 0.426 e. The average molecular weight is 387 g/mol. The van der Waals surface area contributed by atoms with E-state index >= 15 is 0 Å². The molecular weight excluding hydrogens is 362 g/mol. The summed E-state index contributed by atoms with van der Waals surface area (Å²) >= 11 is 0. The van der Waals surface area contributed by atoms with Gasteiger partial charge in [-0.3, -0.25) is 9.48 Å². The van der Waals surface area contributed by atoms with Crippen LogP contribution in [0.1, 0.15) is 36.4 Å². The number of aromatic nitrogens is 2. The van der Waals surface area contributed by atoms with E-state index in [4.69, 9.17) is 10.00 Å². The third kappa shape index (κ3) is 4.91. The number of carbonyl (C=O) groups excluding carboxylic acids is 1. The van der Waals surface area contributed by atoms with Crippen LogP contribution in [-0.2, 0) is 17.8 Å². The third-order valence-corrected chi connectivity index (χ3v) is 4.82. The summed E-state index contributed by atoms with van der Waals surface area (Å²) in [5, 5.41) is 13.5. The molecule has 0 aliphatic rings. The molecule has 0 saturated heterocycles. The van der Waals surface area contributed by atoms with E-state index in [0.717, 1.165) is 34.6 Å². The zero-order chi connectivity index (χ0) is 21.0. The van der Waals surface area contributed by atoms with Gasteiger partial charge in [-0.1, -0.05) is 38.1 Å². The van der Waals surface area contributed by atoms with Gasteiger partial charge < -0.3 is 4.74 Å². The van der Waals surface area contributed by atoms with Gasteiger partial charge in [0.05, 0.1) is 23.7 Å². The Balaban J connectivity index is 1.67. The predicted octanol–water partition coefficient (Wildman–Crippen LogP) is 4.84. The van der Waals surface area contributed by atoms with E-state index < -0.39 is 0 Å². The number of ether oxygens (including phenoxy) is 1.